The van der Waals surface area contributed by atoms with Gasteiger partial charge >= 0.3 is 5.97 Å². The SMILES string of the molecule is COc1ccc(N2CCN([C@@H](C(=O)O)c3c(C)[nH]c4ccccc34)CC2)cc1. The summed E-state index contributed by atoms with van der Waals surface area (Å²) in [6, 6.07) is 15.3. The summed E-state index contributed by atoms with van der Waals surface area (Å²) in [4.78, 5) is 19.9. The van der Waals surface area contributed by atoms with Gasteiger partial charge in [-0.05, 0) is 37.3 Å². The number of carboxylic acid groups (broad SMARTS) is 1. The van der Waals surface area contributed by atoms with Gasteiger partial charge in [-0.2, -0.15) is 0 Å². The van der Waals surface area contributed by atoms with Crippen LogP contribution in [0.2, 0.25) is 0 Å². The van der Waals surface area contributed by atoms with Gasteiger partial charge in [0.2, 0.25) is 0 Å². The number of H-pyrrole nitrogens is 1. The molecule has 1 fully saturated rings. The lowest BCUT2D eigenvalue weighted by Gasteiger charge is -2.39. The molecule has 3 aromatic rings. The molecule has 0 amide bonds. The fraction of sp³-hybridized carbons (Fsp3) is 0.318. The Bertz CT molecular complexity index is 972. The number of piperazine rings is 1. The topological polar surface area (TPSA) is 68.8 Å². The largest absolute Gasteiger partial charge is 0.497 e. The minimum Gasteiger partial charge on any atom is -0.497 e. The Morgan fingerprint density at radius 3 is 2.39 bits per heavy atom. The van der Waals surface area contributed by atoms with Gasteiger partial charge < -0.3 is 19.7 Å². The minimum atomic E-state index is -0.800. The van der Waals surface area contributed by atoms with E-state index in [1.165, 1.54) is 0 Å². The van der Waals surface area contributed by atoms with Crippen molar-refractivity contribution < 1.29 is 14.6 Å². The fourth-order valence-electron chi connectivity index (χ4n) is 4.14. The predicted molar refractivity (Wildman–Crippen MR) is 110 cm³/mol. The van der Waals surface area contributed by atoms with E-state index in [4.69, 9.17) is 4.74 Å². The number of fused-ring (bicyclic) bond motifs is 1. The molecule has 0 unspecified atom stereocenters. The molecular weight excluding hydrogens is 354 g/mol. The molecule has 1 atom stereocenters. The molecule has 6 nitrogen and oxygen atoms in total. The smallest absolute Gasteiger partial charge is 0.325 e. The molecule has 0 saturated carbocycles. The minimum absolute atomic E-state index is 0.644. The second kappa shape index (κ2) is 7.56. The number of nitrogens with zero attached hydrogens (tertiary/aromatic N) is 2. The van der Waals surface area contributed by atoms with Crippen LogP contribution in [-0.4, -0.2) is 54.2 Å². The summed E-state index contributed by atoms with van der Waals surface area (Å²) in [5, 5.41) is 11.0. The molecule has 6 heteroatoms. The number of anilines is 1. The Labute approximate surface area is 164 Å². The molecule has 1 aliphatic rings. The average molecular weight is 379 g/mol. The third kappa shape index (κ3) is 3.31. The monoisotopic (exact) mass is 379 g/mol. The molecule has 2 heterocycles. The Balaban J connectivity index is 1.55. The predicted octanol–water partition coefficient (Wildman–Crippen LogP) is 3.43. The molecule has 0 aliphatic carbocycles. The molecule has 1 saturated heterocycles. The van der Waals surface area contributed by atoms with Gasteiger partial charge in [-0.15, -0.1) is 0 Å². The van der Waals surface area contributed by atoms with E-state index in [0.29, 0.717) is 13.1 Å². The number of para-hydroxylation sites is 1. The number of ether oxygens (including phenoxy) is 1. The van der Waals surface area contributed by atoms with E-state index in [9.17, 15) is 9.90 Å². The van der Waals surface area contributed by atoms with Crippen molar-refractivity contribution in [1.29, 1.82) is 0 Å². The standard InChI is InChI=1S/C22H25N3O3/c1-15-20(18-5-3-4-6-19(18)23-15)21(22(26)27)25-13-11-24(12-14-25)16-7-9-17(28-2)10-8-16/h3-10,21,23H,11-14H2,1-2H3,(H,26,27)/t21-/m1/s1. The lowest BCUT2D eigenvalue weighted by Crippen LogP contribution is -2.49. The van der Waals surface area contributed by atoms with Gasteiger partial charge in [-0.1, -0.05) is 18.2 Å². The number of carboxylic acids is 1. The molecule has 1 aliphatic heterocycles. The number of benzene rings is 2. The molecule has 4 rings (SSSR count). The van der Waals surface area contributed by atoms with Crippen LogP contribution >= 0.6 is 0 Å². The van der Waals surface area contributed by atoms with Crippen LogP contribution in [0.25, 0.3) is 10.9 Å². The first-order valence-corrected chi connectivity index (χ1v) is 9.51. The molecule has 2 aromatic carbocycles. The van der Waals surface area contributed by atoms with E-state index in [1.807, 2.05) is 55.5 Å². The molecule has 1 aromatic heterocycles. The number of hydrogen-bond donors (Lipinski definition) is 2. The first-order chi connectivity index (χ1) is 13.6. The number of rotatable bonds is 5. The number of methoxy groups -OCH3 is 1. The van der Waals surface area contributed by atoms with Crippen molar-refractivity contribution in [1.82, 2.24) is 9.88 Å². The van der Waals surface area contributed by atoms with Crippen LogP contribution in [0.1, 0.15) is 17.3 Å². The fourth-order valence-corrected chi connectivity index (χ4v) is 4.14. The summed E-state index contributed by atoms with van der Waals surface area (Å²) in [5.74, 6) is 0.0360. The molecule has 146 valence electrons. The van der Waals surface area contributed by atoms with Gasteiger partial charge in [0.1, 0.15) is 11.8 Å². The van der Waals surface area contributed by atoms with E-state index < -0.39 is 12.0 Å². The van der Waals surface area contributed by atoms with Crippen molar-refractivity contribution in [2.45, 2.75) is 13.0 Å². The number of aryl methyl sites for hydroxylation is 1. The Kier molecular flexibility index (Phi) is 4.96. The van der Waals surface area contributed by atoms with Gasteiger partial charge in [0.15, 0.2) is 0 Å². The van der Waals surface area contributed by atoms with Gasteiger partial charge in [0.25, 0.3) is 0 Å². The summed E-state index contributed by atoms with van der Waals surface area (Å²) in [6.45, 7) is 4.93. The van der Waals surface area contributed by atoms with Crippen LogP contribution in [-0.2, 0) is 4.79 Å². The molecule has 2 N–H and O–H groups in total. The average Bonchev–Trinajstić information content (AvgIpc) is 3.04. The number of aromatic nitrogens is 1. The van der Waals surface area contributed by atoms with E-state index in [1.54, 1.807) is 7.11 Å². The molecular formula is C22H25N3O3. The van der Waals surface area contributed by atoms with Crippen molar-refractivity contribution in [3.05, 3.63) is 59.8 Å². The van der Waals surface area contributed by atoms with Crippen molar-refractivity contribution in [3.8, 4) is 5.75 Å². The first kappa shape index (κ1) is 18.4. The van der Waals surface area contributed by atoms with E-state index in [0.717, 1.165) is 46.7 Å². The van der Waals surface area contributed by atoms with Crippen LogP contribution in [0.15, 0.2) is 48.5 Å². The van der Waals surface area contributed by atoms with Crippen LogP contribution in [0, 0.1) is 6.92 Å². The highest BCUT2D eigenvalue weighted by molar-refractivity contribution is 5.90. The Morgan fingerprint density at radius 1 is 1.07 bits per heavy atom. The van der Waals surface area contributed by atoms with Gasteiger partial charge in [0, 0.05) is 54.0 Å². The van der Waals surface area contributed by atoms with Gasteiger partial charge in [-0.25, -0.2) is 0 Å². The molecule has 28 heavy (non-hydrogen) atoms. The number of nitrogens with one attached hydrogen (secondary N) is 1. The van der Waals surface area contributed by atoms with Crippen molar-refractivity contribution in [2.24, 2.45) is 0 Å². The third-order valence-corrected chi connectivity index (χ3v) is 5.57. The lowest BCUT2D eigenvalue weighted by atomic mass is 10.0. The van der Waals surface area contributed by atoms with E-state index >= 15 is 0 Å². The van der Waals surface area contributed by atoms with Gasteiger partial charge in [-0.3, -0.25) is 9.69 Å². The molecule has 0 radical (unpaired) electrons. The second-order valence-electron chi connectivity index (χ2n) is 7.17. The van der Waals surface area contributed by atoms with Crippen LogP contribution in [0.5, 0.6) is 5.75 Å². The maximum Gasteiger partial charge on any atom is 0.325 e. The summed E-state index contributed by atoms with van der Waals surface area (Å²) in [5.41, 5.74) is 3.92. The first-order valence-electron chi connectivity index (χ1n) is 9.51. The van der Waals surface area contributed by atoms with Crippen molar-refractivity contribution in [3.63, 3.8) is 0 Å². The lowest BCUT2D eigenvalue weighted by molar-refractivity contribution is -0.143. The van der Waals surface area contributed by atoms with Crippen LogP contribution in [0.4, 0.5) is 5.69 Å². The highest BCUT2D eigenvalue weighted by atomic mass is 16.5. The quantitative estimate of drug-likeness (QED) is 0.711. The number of aromatic amines is 1. The van der Waals surface area contributed by atoms with Crippen molar-refractivity contribution >= 4 is 22.6 Å². The summed E-state index contributed by atoms with van der Waals surface area (Å²) >= 11 is 0. The summed E-state index contributed by atoms with van der Waals surface area (Å²) in [6.07, 6.45) is 0. The maximum atomic E-state index is 12.2. The second-order valence-corrected chi connectivity index (χ2v) is 7.17. The molecule has 0 spiro atoms. The molecule has 0 bridgehead atoms. The Morgan fingerprint density at radius 2 is 1.75 bits per heavy atom. The number of aliphatic carboxylic acids is 1. The highest BCUT2D eigenvalue weighted by Crippen LogP contribution is 2.33. The zero-order chi connectivity index (χ0) is 19.7. The zero-order valence-corrected chi connectivity index (χ0v) is 16.2. The van der Waals surface area contributed by atoms with Crippen molar-refractivity contribution in [2.75, 3.05) is 38.2 Å². The van der Waals surface area contributed by atoms with Crippen LogP contribution in [0.3, 0.4) is 0 Å². The zero-order valence-electron chi connectivity index (χ0n) is 16.2. The Hall–Kier alpha value is -2.99. The number of hydrogen-bond acceptors (Lipinski definition) is 4. The third-order valence-electron chi connectivity index (χ3n) is 5.57. The van der Waals surface area contributed by atoms with Crippen LogP contribution < -0.4 is 9.64 Å². The normalized spacial score (nSPS) is 16.3. The van der Waals surface area contributed by atoms with E-state index in [-0.39, 0.29) is 0 Å². The number of carbonyl (C=O) groups is 1. The highest BCUT2D eigenvalue weighted by Gasteiger charge is 2.33. The summed E-state index contributed by atoms with van der Waals surface area (Å²) < 4.78 is 5.22. The van der Waals surface area contributed by atoms with Gasteiger partial charge in [0.05, 0.1) is 7.11 Å². The maximum absolute atomic E-state index is 12.2. The van der Waals surface area contributed by atoms with E-state index in [2.05, 4.69) is 14.8 Å². The summed E-state index contributed by atoms with van der Waals surface area (Å²) in [7, 11) is 1.66.